The second-order valence-corrected chi connectivity index (χ2v) is 8.74. The van der Waals surface area contributed by atoms with Gasteiger partial charge in [0.15, 0.2) is 17.2 Å². The highest BCUT2D eigenvalue weighted by atomic mass is 35.5. The number of aromatic nitrogens is 7. The predicted molar refractivity (Wildman–Crippen MR) is 111 cm³/mol. The average Bonchev–Trinajstić information content (AvgIpc) is 3.45. The summed E-state index contributed by atoms with van der Waals surface area (Å²) in [5.74, 6) is -0.691. The number of anilines is 1. The van der Waals surface area contributed by atoms with Crippen molar-refractivity contribution in [1.29, 1.82) is 0 Å². The first-order chi connectivity index (χ1) is 15.5. The molecule has 0 aromatic carbocycles. The molecule has 0 radical (unpaired) electrons. The number of hydrogen-bond acceptors (Lipinski definition) is 6. The molecule has 1 atom stereocenters. The lowest BCUT2D eigenvalue weighted by Crippen LogP contribution is -2.22. The Labute approximate surface area is 189 Å². The van der Waals surface area contributed by atoms with Crippen LogP contribution in [-0.4, -0.2) is 40.5 Å². The van der Waals surface area contributed by atoms with E-state index in [1.165, 1.54) is 40.2 Å². The van der Waals surface area contributed by atoms with Crippen molar-refractivity contribution in [3.8, 4) is 5.82 Å². The lowest BCUT2D eigenvalue weighted by Gasteiger charge is -2.19. The normalized spacial score (nSPS) is 17.3. The van der Waals surface area contributed by atoms with Gasteiger partial charge in [0.25, 0.3) is 0 Å². The molecular weight excluding hydrogens is 461 g/mol. The van der Waals surface area contributed by atoms with Crippen molar-refractivity contribution in [2.24, 2.45) is 0 Å². The van der Waals surface area contributed by atoms with E-state index in [0.29, 0.717) is 29.2 Å². The van der Waals surface area contributed by atoms with Gasteiger partial charge in [-0.25, -0.2) is 14.5 Å². The van der Waals surface area contributed by atoms with Crippen LogP contribution >= 0.6 is 11.6 Å². The molecule has 1 aliphatic rings. The molecule has 1 unspecified atom stereocenters. The SMILES string of the molecule is CC1(C)CC(C(=O)Nc2cnc(-n3nccn3)c(Cl)c2)c2cnc3cc(C(F)(F)F)nn3c21. The van der Waals surface area contributed by atoms with Crippen LogP contribution in [0, 0.1) is 0 Å². The van der Waals surface area contributed by atoms with E-state index in [-0.39, 0.29) is 16.6 Å². The Morgan fingerprint density at radius 3 is 2.58 bits per heavy atom. The van der Waals surface area contributed by atoms with Crippen LogP contribution in [0.5, 0.6) is 0 Å². The molecule has 4 aromatic heterocycles. The first-order valence-corrected chi connectivity index (χ1v) is 10.2. The Balaban J connectivity index is 1.47. The van der Waals surface area contributed by atoms with Crippen LogP contribution in [0.2, 0.25) is 5.02 Å². The summed E-state index contributed by atoms with van der Waals surface area (Å²) in [7, 11) is 0. The maximum atomic E-state index is 13.2. The zero-order valence-corrected chi connectivity index (χ0v) is 18.1. The number of nitrogens with zero attached hydrogens (tertiary/aromatic N) is 7. The van der Waals surface area contributed by atoms with Gasteiger partial charge >= 0.3 is 6.18 Å². The van der Waals surface area contributed by atoms with Crippen LogP contribution in [-0.2, 0) is 16.4 Å². The summed E-state index contributed by atoms with van der Waals surface area (Å²) in [4.78, 5) is 22.7. The number of amides is 1. The summed E-state index contributed by atoms with van der Waals surface area (Å²) >= 11 is 6.27. The first-order valence-electron chi connectivity index (χ1n) is 9.84. The van der Waals surface area contributed by atoms with E-state index in [1.54, 1.807) is 0 Å². The average molecular weight is 477 g/mol. The highest BCUT2D eigenvalue weighted by Crippen LogP contribution is 2.46. The van der Waals surface area contributed by atoms with Gasteiger partial charge in [-0.1, -0.05) is 25.4 Å². The molecule has 1 amide bonds. The zero-order valence-electron chi connectivity index (χ0n) is 17.3. The first kappa shape index (κ1) is 21.3. The molecule has 0 saturated carbocycles. The Morgan fingerprint density at radius 1 is 1.18 bits per heavy atom. The molecule has 0 fully saturated rings. The third-order valence-corrected chi connectivity index (χ3v) is 5.83. The highest BCUT2D eigenvalue weighted by Gasteiger charge is 2.44. The number of halogens is 4. The van der Waals surface area contributed by atoms with Crippen molar-refractivity contribution in [2.75, 3.05) is 5.32 Å². The van der Waals surface area contributed by atoms with Crippen molar-refractivity contribution in [2.45, 2.75) is 37.8 Å². The third kappa shape index (κ3) is 3.59. The molecule has 0 aliphatic heterocycles. The Kier molecular flexibility index (Phi) is 4.67. The second kappa shape index (κ2) is 7.24. The number of carbonyl (C=O) groups is 1. The van der Waals surface area contributed by atoms with Gasteiger partial charge in [0.1, 0.15) is 0 Å². The number of hydrogen-bond donors (Lipinski definition) is 1. The molecule has 0 spiro atoms. The van der Waals surface area contributed by atoms with Crippen molar-refractivity contribution < 1.29 is 18.0 Å². The van der Waals surface area contributed by atoms with E-state index in [2.05, 4.69) is 30.6 Å². The third-order valence-electron chi connectivity index (χ3n) is 5.55. The van der Waals surface area contributed by atoms with Gasteiger partial charge < -0.3 is 5.32 Å². The molecule has 5 rings (SSSR count). The fourth-order valence-electron chi connectivity index (χ4n) is 4.17. The van der Waals surface area contributed by atoms with E-state index in [4.69, 9.17) is 11.6 Å². The minimum Gasteiger partial charge on any atom is -0.324 e. The van der Waals surface area contributed by atoms with Gasteiger partial charge in [-0.2, -0.15) is 28.5 Å². The Morgan fingerprint density at radius 2 is 1.91 bits per heavy atom. The van der Waals surface area contributed by atoms with Crippen LogP contribution in [0.4, 0.5) is 18.9 Å². The quantitative estimate of drug-likeness (QED) is 0.482. The summed E-state index contributed by atoms with van der Waals surface area (Å²) in [6.07, 6.45) is 1.61. The molecule has 33 heavy (non-hydrogen) atoms. The van der Waals surface area contributed by atoms with Gasteiger partial charge in [0.2, 0.25) is 5.91 Å². The van der Waals surface area contributed by atoms with E-state index in [0.717, 1.165) is 6.07 Å². The van der Waals surface area contributed by atoms with Crippen molar-refractivity contribution in [3.63, 3.8) is 0 Å². The van der Waals surface area contributed by atoms with Crippen molar-refractivity contribution >= 4 is 28.8 Å². The molecule has 13 heteroatoms. The molecule has 0 bridgehead atoms. The van der Waals surface area contributed by atoms with E-state index >= 15 is 0 Å². The molecule has 170 valence electrons. The summed E-state index contributed by atoms with van der Waals surface area (Å²) in [5.41, 5.74) is -0.148. The molecule has 1 aliphatic carbocycles. The molecule has 4 aromatic rings. The summed E-state index contributed by atoms with van der Waals surface area (Å²) in [5, 5.41) is 14.7. The number of fused-ring (bicyclic) bond motifs is 3. The standard InChI is InChI=1S/C20H16ClF3N8O/c1-19(2)7-11(12-9-25-15-6-14(20(22,23)24)30-31(15)16(12)19)18(33)29-10-5-13(21)17(26-8-10)32-27-3-4-28-32/h3-6,8-9,11H,7H2,1-2H3,(H,29,33). The van der Waals surface area contributed by atoms with Gasteiger partial charge in [-0.3, -0.25) is 4.79 Å². The van der Waals surface area contributed by atoms with E-state index in [1.807, 2.05) is 13.8 Å². The van der Waals surface area contributed by atoms with Crippen LogP contribution < -0.4 is 5.32 Å². The minimum absolute atomic E-state index is 0.0778. The van der Waals surface area contributed by atoms with Gasteiger partial charge in [0, 0.05) is 23.2 Å². The van der Waals surface area contributed by atoms with E-state index < -0.39 is 23.2 Å². The van der Waals surface area contributed by atoms with Crippen LogP contribution in [0.1, 0.15) is 43.1 Å². The Hall–Kier alpha value is -3.54. The topological polar surface area (TPSA) is 103 Å². The number of rotatable bonds is 3. The van der Waals surface area contributed by atoms with Crippen LogP contribution in [0.25, 0.3) is 11.5 Å². The molecular formula is C20H16ClF3N8O. The maximum Gasteiger partial charge on any atom is 0.435 e. The number of alkyl halides is 3. The van der Waals surface area contributed by atoms with Gasteiger partial charge in [-0.05, 0) is 12.5 Å². The molecule has 4 heterocycles. The van der Waals surface area contributed by atoms with Gasteiger partial charge in [-0.15, -0.1) is 4.80 Å². The van der Waals surface area contributed by atoms with Crippen LogP contribution in [0.15, 0.2) is 36.9 Å². The lowest BCUT2D eigenvalue weighted by molar-refractivity contribution is -0.141. The number of pyridine rings is 1. The monoisotopic (exact) mass is 476 g/mol. The zero-order chi connectivity index (χ0) is 23.5. The number of nitrogens with one attached hydrogen (secondary N) is 1. The summed E-state index contributed by atoms with van der Waals surface area (Å²) in [6.45, 7) is 3.72. The predicted octanol–water partition coefficient (Wildman–Crippen LogP) is 3.78. The number of carbonyl (C=O) groups excluding carboxylic acids is 1. The second-order valence-electron chi connectivity index (χ2n) is 8.34. The fourth-order valence-corrected chi connectivity index (χ4v) is 4.41. The maximum absolute atomic E-state index is 13.2. The fraction of sp³-hybridized carbons (Fsp3) is 0.300. The Bertz CT molecular complexity index is 1380. The van der Waals surface area contributed by atoms with Crippen molar-refractivity contribution in [3.05, 3.63) is 58.9 Å². The highest BCUT2D eigenvalue weighted by molar-refractivity contribution is 6.32. The van der Waals surface area contributed by atoms with Gasteiger partial charge in [0.05, 0.1) is 40.9 Å². The summed E-state index contributed by atoms with van der Waals surface area (Å²) in [6, 6.07) is 2.42. The van der Waals surface area contributed by atoms with Crippen molar-refractivity contribution in [1.82, 2.24) is 34.6 Å². The van der Waals surface area contributed by atoms with Crippen LogP contribution in [0.3, 0.4) is 0 Å². The lowest BCUT2D eigenvalue weighted by atomic mass is 9.88. The molecule has 1 N–H and O–H groups in total. The van der Waals surface area contributed by atoms with E-state index in [9.17, 15) is 18.0 Å². The minimum atomic E-state index is -4.59. The molecule has 9 nitrogen and oxygen atoms in total. The largest absolute Gasteiger partial charge is 0.435 e. The smallest absolute Gasteiger partial charge is 0.324 e. The molecule has 0 saturated heterocycles. The summed E-state index contributed by atoms with van der Waals surface area (Å²) < 4.78 is 40.7.